The molecule has 2 saturated heterocycles. The van der Waals surface area contributed by atoms with Crippen molar-refractivity contribution in [3.63, 3.8) is 0 Å². The van der Waals surface area contributed by atoms with Crippen LogP contribution >= 0.6 is 0 Å². The molecule has 2 aromatic rings. The summed E-state index contributed by atoms with van der Waals surface area (Å²) in [4.78, 5) is 22.0. The summed E-state index contributed by atoms with van der Waals surface area (Å²) in [6, 6.07) is 12.0. The Morgan fingerprint density at radius 1 is 1.10 bits per heavy atom. The van der Waals surface area contributed by atoms with Crippen LogP contribution in [0.4, 0.5) is 17.2 Å². The molecule has 3 aliphatic rings. The molecular formula is C21H26N6O2. The number of hydrogen-bond acceptors (Lipinski definition) is 7. The van der Waals surface area contributed by atoms with Crippen molar-refractivity contribution in [2.24, 2.45) is 0 Å². The lowest BCUT2D eigenvalue weighted by Gasteiger charge is -2.35. The van der Waals surface area contributed by atoms with Crippen LogP contribution in [-0.4, -0.2) is 56.8 Å². The largest absolute Gasteiger partial charge is 0.481 e. The van der Waals surface area contributed by atoms with Gasteiger partial charge in [0.1, 0.15) is 11.9 Å². The predicted octanol–water partition coefficient (Wildman–Crippen LogP) is 1.32. The second kappa shape index (κ2) is 7.53. The summed E-state index contributed by atoms with van der Waals surface area (Å²) < 4.78 is 5.56. The van der Waals surface area contributed by atoms with E-state index in [0.29, 0.717) is 24.2 Å². The monoisotopic (exact) mass is 394 g/mol. The van der Waals surface area contributed by atoms with Crippen molar-refractivity contribution in [3.8, 4) is 5.88 Å². The quantitative estimate of drug-likeness (QED) is 0.722. The fraction of sp³-hybridized carbons (Fsp3) is 0.429. The molecule has 29 heavy (non-hydrogen) atoms. The Morgan fingerprint density at radius 3 is 2.76 bits per heavy atom. The maximum atomic E-state index is 13.3. The first-order chi connectivity index (χ1) is 14.3. The van der Waals surface area contributed by atoms with Gasteiger partial charge < -0.3 is 15.0 Å². The summed E-state index contributed by atoms with van der Waals surface area (Å²) in [5.74, 6) is 1.68. The van der Waals surface area contributed by atoms with Crippen LogP contribution in [0, 0.1) is 0 Å². The fourth-order valence-corrected chi connectivity index (χ4v) is 4.56. The van der Waals surface area contributed by atoms with Crippen molar-refractivity contribution in [2.75, 3.05) is 55.0 Å². The van der Waals surface area contributed by atoms with Crippen molar-refractivity contribution >= 4 is 23.1 Å². The highest BCUT2D eigenvalue weighted by Gasteiger charge is 2.39. The van der Waals surface area contributed by atoms with E-state index in [-0.39, 0.29) is 11.9 Å². The third kappa shape index (κ3) is 3.18. The number of ether oxygens (including phenoxy) is 1. The number of benzene rings is 1. The van der Waals surface area contributed by atoms with Gasteiger partial charge in [0.25, 0.3) is 5.91 Å². The summed E-state index contributed by atoms with van der Waals surface area (Å²) in [7, 11) is 1.64. The highest BCUT2D eigenvalue weighted by molar-refractivity contribution is 6.01. The van der Waals surface area contributed by atoms with Crippen LogP contribution in [0.1, 0.15) is 17.9 Å². The number of rotatable bonds is 4. The van der Waals surface area contributed by atoms with Gasteiger partial charge >= 0.3 is 0 Å². The van der Waals surface area contributed by atoms with E-state index in [4.69, 9.17) is 4.74 Å². The van der Waals surface area contributed by atoms with E-state index >= 15 is 0 Å². The van der Waals surface area contributed by atoms with Gasteiger partial charge in [-0.05, 0) is 30.7 Å². The molecule has 8 nitrogen and oxygen atoms in total. The zero-order chi connectivity index (χ0) is 19.8. The Morgan fingerprint density at radius 2 is 1.93 bits per heavy atom. The molecule has 5 rings (SSSR count). The Kier molecular flexibility index (Phi) is 4.73. The topological polar surface area (TPSA) is 81.8 Å². The van der Waals surface area contributed by atoms with E-state index in [0.717, 1.165) is 49.5 Å². The molecule has 2 fully saturated rings. The van der Waals surface area contributed by atoms with Crippen molar-refractivity contribution in [1.82, 2.24) is 15.8 Å². The first kappa shape index (κ1) is 18.2. The first-order valence-electron chi connectivity index (χ1n) is 10.2. The third-order valence-electron chi connectivity index (χ3n) is 6.04. The highest BCUT2D eigenvalue weighted by atomic mass is 16.5. The molecule has 0 bridgehead atoms. The Labute approximate surface area is 170 Å². The van der Waals surface area contributed by atoms with Gasteiger partial charge in [0.15, 0.2) is 0 Å². The summed E-state index contributed by atoms with van der Waals surface area (Å²) in [5.41, 5.74) is 9.53. The van der Waals surface area contributed by atoms with Gasteiger partial charge in [-0.2, -0.15) is 4.98 Å². The molecule has 1 atom stereocenters. The molecule has 1 amide bonds. The molecule has 152 valence electrons. The predicted molar refractivity (Wildman–Crippen MR) is 113 cm³/mol. The summed E-state index contributed by atoms with van der Waals surface area (Å²) in [6.45, 7) is 4.00. The lowest BCUT2D eigenvalue weighted by Crippen LogP contribution is -2.46. The van der Waals surface area contributed by atoms with Crippen LogP contribution in [0.25, 0.3) is 0 Å². The molecule has 3 aliphatic heterocycles. The summed E-state index contributed by atoms with van der Waals surface area (Å²) in [6.07, 6.45) is 0.787. The zero-order valence-corrected chi connectivity index (χ0v) is 16.5. The normalized spacial score (nSPS) is 22.0. The molecule has 0 saturated carbocycles. The number of para-hydroxylation sites is 2. The van der Waals surface area contributed by atoms with Crippen LogP contribution in [0.2, 0.25) is 0 Å². The SMILES string of the molecule is COc1nc(N2CCC(N3CCNc4ccccc43)C2=O)ccc1C1CNNC1. The second-order valence-corrected chi connectivity index (χ2v) is 7.66. The third-order valence-corrected chi connectivity index (χ3v) is 6.04. The number of nitrogens with zero attached hydrogens (tertiary/aromatic N) is 3. The minimum Gasteiger partial charge on any atom is -0.481 e. The molecule has 0 radical (unpaired) electrons. The van der Waals surface area contributed by atoms with Crippen molar-refractivity contribution in [2.45, 2.75) is 18.4 Å². The number of nitrogens with one attached hydrogen (secondary N) is 3. The lowest BCUT2D eigenvalue weighted by molar-refractivity contribution is -0.118. The average Bonchev–Trinajstić information content (AvgIpc) is 3.43. The van der Waals surface area contributed by atoms with Crippen LogP contribution in [0.5, 0.6) is 5.88 Å². The lowest BCUT2D eigenvalue weighted by atomic mass is 10.0. The van der Waals surface area contributed by atoms with Gasteiger partial charge in [0.2, 0.25) is 5.88 Å². The Bertz CT molecular complexity index is 914. The van der Waals surface area contributed by atoms with Crippen LogP contribution < -0.4 is 30.7 Å². The number of amides is 1. The Balaban J connectivity index is 1.39. The number of methoxy groups -OCH3 is 1. The zero-order valence-electron chi connectivity index (χ0n) is 16.5. The Hall–Kier alpha value is -2.84. The van der Waals surface area contributed by atoms with Gasteiger partial charge in [0, 0.05) is 44.2 Å². The average molecular weight is 394 g/mol. The van der Waals surface area contributed by atoms with Crippen molar-refractivity contribution in [1.29, 1.82) is 0 Å². The second-order valence-electron chi connectivity index (χ2n) is 7.66. The number of carbonyl (C=O) groups excluding carboxylic acids is 1. The van der Waals surface area contributed by atoms with E-state index in [1.807, 2.05) is 24.3 Å². The molecule has 1 aromatic carbocycles. The molecule has 0 spiro atoms. The van der Waals surface area contributed by atoms with Gasteiger partial charge in [-0.25, -0.2) is 0 Å². The molecule has 1 aromatic heterocycles. The highest BCUT2D eigenvalue weighted by Crippen LogP contribution is 2.35. The number of hydrogen-bond donors (Lipinski definition) is 3. The minimum absolute atomic E-state index is 0.105. The summed E-state index contributed by atoms with van der Waals surface area (Å²) in [5, 5.41) is 3.42. The molecule has 3 N–H and O–H groups in total. The van der Waals surface area contributed by atoms with E-state index in [1.54, 1.807) is 12.0 Å². The maximum absolute atomic E-state index is 13.3. The van der Waals surface area contributed by atoms with E-state index < -0.39 is 0 Å². The van der Waals surface area contributed by atoms with Gasteiger partial charge in [-0.1, -0.05) is 12.1 Å². The number of aromatic nitrogens is 1. The molecular weight excluding hydrogens is 368 g/mol. The molecule has 8 heteroatoms. The number of pyridine rings is 1. The van der Waals surface area contributed by atoms with E-state index in [1.165, 1.54) is 0 Å². The minimum atomic E-state index is -0.158. The van der Waals surface area contributed by atoms with Gasteiger partial charge in [-0.3, -0.25) is 20.5 Å². The molecule has 0 aliphatic carbocycles. The molecule has 1 unspecified atom stereocenters. The van der Waals surface area contributed by atoms with Crippen molar-refractivity contribution in [3.05, 3.63) is 42.0 Å². The molecule has 4 heterocycles. The summed E-state index contributed by atoms with van der Waals surface area (Å²) >= 11 is 0. The van der Waals surface area contributed by atoms with Gasteiger partial charge in [0.05, 0.1) is 18.5 Å². The fourth-order valence-electron chi connectivity index (χ4n) is 4.56. The standard InChI is InChI=1S/C21H26N6O2/c1-29-20-15(14-12-23-24-13-14)6-7-19(25-20)27-10-8-18(21(27)28)26-11-9-22-16-4-2-3-5-17(16)26/h2-7,14,18,22-24H,8-13H2,1H3. The number of fused-ring (bicyclic) bond motifs is 1. The van der Waals surface area contributed by atoms with E-state index in [2.05, 4.69) is 38.2 Å². The smallest absolute Gasteiger partial charge is 0.250 e. The van der Waals surface area contributed by atoms with Crippen molar-refractivity contribution < 1.29 is 9.53 Å². The number of anilines is 3. The number of hydrazine groups is 1. The number of carbonyl (C=O) groups is 1. The maximum Gasteiger partial charge on any atom is 0.250 e. The van der Waals surface area contributed by atoms with Gasteiger partial charge in [-0.15, -0.1) is 0 Å². The first-order valence-corrected chi connectivity index (χ1v) is 10.2. The van der Waals surface area contributed by atoms with E-state index in [9.17, 15) is 4.79 Å². The van der Waals surface area contributed by atoms with Crippen LogP contribution in [-0.2, 0) is 4.79 Å². The van der Waals surface area contributed by atoms with Crippen LogP contribution in [0.15, 0.2) is 36.4 Å². The van der Waals surface area contributed by atoms with Crippen LogP contribution in [0.3, 0.4) is 0 Å².